The number of rotatable bonds is 4. The third-order valence-corrected chi connectivity index (χ3v) is 4.27. The van der Waals surface area contributed by atoms with Gasteiger partial charge in [-0.3, -0.25) is 10.8 Å². The smallest absolute Gasteiger partial charge is 0.0711 e. The molecule has 0 radical (unpaired) electrons. The minimum atomic E-state index is 0.0205. The zero-order chi connectivity index (χ0) is 13.9. The number of hydrogen-bond acceptors (Lipinski definition) is 3. The first kappa shape index (κ1) is 13.3. The molecule has 104 valence electrons. The number of hydrogen-bond donors (Lipinski definition) is 2. The maximum absolute atomic E-state index is 5.75. The fraction of sp³-hybridized carbons (Fsp3) is 0.353. The van der Waals surface area contributed by atoms with Gasteiger partial charge in [0.2, 0.25) is 0 Å². The second kappa shape index (κ2) is 5.73. The van der Waals surface area contributed by atoms with Crippen molar-refractivity contribution in [2.24, 2.45) is 5.84 Å². The van der Waals surface area contributed by atoms with Crippen LogP contribution in [0.2, 0.25) is 0 Å². The van der Waals surface area contributed by atoms with Crippen LogP contribution >= 0.6 is 0 Å². The summed E-state index contributed by atoms with van der Waals surface area (Å²) in [6, 6.07) is 13.0. The molecule has 0 saturated heterocycles. The minimum absolute atomic E-state index is 0.0205. The van der Waals surface area contributed by atoms with Crippen molar-refractivity contribution in [1.29, 1.82) is 0 Å². The molecule has 0 bridgehead atoms. The molecule has 1 saturated carbocycles. The molecule has 20 heavy (non-hydrogen) atoms. The number of hydrazine groups is 1. The molecule has 2 aromatic rings. The van der Waals surface area contributed by atoms with Gasteiger partial charge in [0.1, 0.15) is 0 Å². The molecular formula is C17H21N3. The van der Waals surface area contributed by atoms with Crippen molar-refractivity contribution in [2.75, 3.05) is 0 Å². The second-order valence-corrected chi connectivity index (χ2v) is 5.62. The van der Waals surface area contributed by atoms with Crippen LogP contribution in [0.1, 0.15) is 53.6 Å². The molecule has 3 N–H and O–H groups in total. The van der Waals surface area contributed by atoms with Gasteiger partial charge in [-0.1, -0.05) is 30.7 Å². The van der Waals surface area contributed by atoms with Crippen molar-refractivity contribution >= 4 is 0 Å². The highest BCUT2D eigenvalue weighted by atomic mass is 15.2. The molecule has 1 aromatic carbocycles. The predicted molar refractivity (Wildman–Crippen MR) is 81.2 cm³/mol. The molecule has 1 aliphatic rings. The third-order valence-electron chi connectivity index (χ3n) is 4.27. The Labute approximate surface area is 120 Å². The monoisotopic (exact) mass is 267 g/mol. The van der Waals surface area contributed by atoms with E-state index in [1.54, 1.807) is 0 Å². The number of nitrogens with one attached hydrogen (secondary N) is 1. The number of nitrogens with zero attached hydrogens (tertiary/aromatic N) is 1. The van der Waals surface area contributed by atoms with Gasteiger partial charge in [0.05, 0.1) is 6.04 Å². The van der Waals surface area contributed by atoms with E-state index in [0.717, 1.165) is 17.2 Å². The number of nitrogens with two attached hydrogens (primary N) is 1. The molecule has 0 amide bonds. The van der Waals surface area contributed by atoms with E-state index in [-0.39, 0.29) is 6.04 Å². The Hall–Kier alpha value is -1.71. The van der Waals surface area contributed by atoms with Crippen LogP contribution in [0.3, 0.4) is 0 Å². The first-order valence-electron chi connectivity index (χ1n) is 7.26. The lowest BCUT2D eigenvalue weighted by molar-refractivity contribution is 0.419. The van der Waals surface area contributed by atoms with Gasteiger partial charge in [-0.15, -0.1) is 0 Å². The van der Waals surface area contributed by atoms with Crippen LogP contribution in [-0.4, -0.2) is 4.98 Å². The van der Waals surface area contributed by atoms with E-state index in [9.17, 15) is 0 Å². The third kappa shape index (κ3) is 2.60. The van der Waals surface area contributed by atoms with Crippen LogP contribution in [0.15, 0.2) is 42.6 Å². The van der Waals surface area contributed by atoms with Crippen molar-refractivity contribution in [3.05, 3.63) is 65.0 Å². The van der Waals surface area contributed by atoms with Crippen LogP contribution in [0.25, 0.3) is 0 Å². The van der Waals surface area contributed by atoms with E-state index in [1.807, 2.05) is 19.2 Å². The van der Waals surface area contributed by atoms with Gasteiger partial charge in [-0.05, 0) is 54.5 Å². The van der Waals surface area contributed by atoms with Gasteiger partial charge >= 0.3 is 0 Å². The van der Waals surface area contributed by atoms with Crippen molar-refractivity contribution in [3.63, 3.8) is 0 Å². The standard InChI is InChI=1S/C17H21N3/c1-12-11-16(9-10-19-12)17(20-18)15-7-5-14(6-8-15)13-3-2-4-13/h5-11,13,17,20H,2-4,18H2,1H3. The fourth-order valence-electron chi connectivity index (χ4n) is 2.83. The Balaban J connectivity index is 1.85. The fourth-order valence-corrected chi connectivity index (χ4v) is 2.83. The maximum Gasteiger partial charge on any atom is 0.0711 e. The molecule has 1 heterocycles. The number of pyridine rings is 1. The largest absolute Gasteiger partial charge is 0.271 e. The average molecular weight is 267 g/mol. The summed E-state index contributed by atoms with van der Waals surface area (Å²) >= 11 is 0. The van der Waals surface area contributed by atoms with Crippen LogP contribution < -0.4 is 11.3 Å². The molecule has 1 unspecified atom stereocenters. The van der Waals surface area contributed by atoms with E-state index in [0.29, 0.717) is 0 Å². The normalized spacial score (nSPS) is 16.7. The molecular weight excluding hydrogens is 246 g/mol. The van der Waals surface area contributed by atoms with E-state index >= 15 is 0 Å². The molecule has 3 nitrogen and oxygen atoms in total. The summed E-state index contributed by atoms with van der Waals surface area (Å²) in [6.45, 7) is 2.00. The van der Waals surface area contributed by atoms with Gasteiger partial charge in [0.15, 0.2) is 0 Å². The Bertz CT molecular complexity index is 573. The first-order chi connectivity index (χ1) is 9.78. The lowest BCUT2D eigenvalue weighted by atomic mass is 9.79. The van der Waals surface area contributed by atoms with Crippen LogP contribution in [0.4, 0.5) is 0 Å². The first-order valence-corrected chi connectivity index (χ1v) is 7.26. The minimum Gasteiger partial charge on any atom is -0.271 e. The summed E-state index contributed by atoms with van der Waals surface area (Å²) in [4.78, 5) is 4.24. The summed E-state index contributed by atoms with van der Waals surface area (Å²) in [6.07, 6.45) is 5.87. The van der Waals surface area contributed by atoms with Crippen LogP contribution in [0, 0.1) is 6.92 Å². The lowest BCUT2D eigenvalue weighted by Crippen LogP contribution is -2.29. The molecule has 1 aromatic heterocycles. The molecule has 1 atom stereocenters. The van der Waals surface area contributed by atoms with Gasteiger partial charge in [-0.25, -0.2) is 5.43 Å². The molecule has 3 heteroatoms. The van der Waals surface area contributed by atoms with Crippen molar-refractivity contribution in [2.45, 2.75) is 38.1 Å². The topological polar surface area (TPSA) is 50.9 Å². The summed E-state index contributed by atoms with van der Waals surface area (Å²) in [5.74, 6) is 6.53. The Kier molecular flexibility index (Phi) is 3.81. The Morgan fingerprint density at radius 2 is 1.90 bits per heavy atom. The van der Waals surface area contributed by atoms with Crippen LogP contribution in [-0.2, 0) is 0 Å². The molecule has 0 aliphatic heterocycles. The maximum atomic E-state index is 5.75. The zero-order valence-corrected chi connectivity index (χ0v) is 11.8. The molecule has 1 aliphatic carbocycles. The van der Waals surface area contributed by atoms with Gasteiger partial charge in [-0.2, -0.15) is 0 Å². The van der Waals surface area contributed by atoms with Crippen molar-refractivity contribution in [1.82, 2.24) is 10.4 Å². The summed E-state index contributed by atoms with van der Waals surface area (Å²) in [7, 11) is 0. The molecule has 1 fully saturated rings. The SMILES string of the molecule is Cc1cc(C(NN)c2ccc(C3CCC3)cc2)ccn1. The predicted octanol–water partition coefficient (Wildman–Crippen LogP) is 3.21. The Morgan fingerprint density at radius 3 is 2.45 bits per heavy atom. The summed E-state index contributed by atoms with van der Waals surface area (Å²) < 4.78 is 0. The highest BCUT2D eigenvalue weighted by Gasteiger charge is 2.20. The number of benzene rings is 1. The number of aryl methyl sites for hydroxylation is 1. The van der Waals surface area contributed by atoms with E-state index in [4.69, 9.17) is 5.84 Å². The molecule has 0 spiro atoms. The summed E-state index contributed by atoms with van der Waals surface area (Å²) in [5.41, 5.74) is 7.72. The molecule has 3 rings (SSSR count). The highest BCUT2D eigenvalue weighted by molar-refractivity contribution is 5.34. The number of aromatic nitrogens is 1. The van der Waals surface area contributed by atoms with Crippen molar-refractivity contribution in [3.8, 4) is 0 Å². The zero-order valence-electron chi connectivity index (χ0n) is 11.8. The quantitative estimate of drug-likeness (QED) is 0.660. The van der Waals surface area contributed by atoms with E-state index in [1.165, 1.54) is 30.4 Å². The van der Waals surface area contributed by atoms with E-state index in [2.05, 4.69) is 40.7 Å². The van der Waals surface area contributed by atoms with E-state index < -0.39 is 0 Å². The summed E-state index contributed by atoms with van der Waals surface area (Å²) in [5, 5.41) is 0. The lowest BCUT2D eigenvalue weighted by Gasteiger charge is -2.26. The Morgan fingerprint density at radius 1 is 1.15 bits per heavy atom. The second-order valence-electron chi connectivity index (χ2n) is 5.62. The van der Waals surface area contributed by atoms with Crippen molar-refractivity contribution < 1.29 is 0 Å². The van der Waals surface area contributed by atoms with Gasteiger partial charge in [0.25, 0.3) is 0 Å². The average Bonchev–Trinajstić information content (AvgIpc) is 2.40. The van der Waals surface area contributed by atoms with Crippen LogP contribution in [0.5, 0.6) is 0 Å². The highest BCUT2D eigenvalue weighted by Crippen LogP contribution is 2.36. The van der Waals surface area contributed by atoms with Gasteiger partial charge in [0, 0.05) is 11.9 Å². The van der Waals surface area contributed by atoms with Gasteiger partial charge < -0.3 is 0 Å².